The molecule has 4 heteroatoms. The van der Waals surface area contributed by atoms with Crippen LogP contribution in [-0.2, 0) is 9.53 Å². The number of carboxylic acids is 1. The summed E-state index contributed by atoms with van der Waals surface area (Å²) in [6.07, 6.45) is 23.9. The largest absolute Gasteiger partial charge is 0.481 e. The summed E-state index contributed by atoms with van der Waals surface area (Å²) in [5.41, 5.74) is 0. The molecule has 0 aliphatic rings. The minimum absolute atomic E-state index is 0.0949. The second-order valence-electron chi connectivity index (χ2n) is 9.15. The lowest BCUT2D eigenvalue weighted by Gasteiger charge is -2.28. The van der Waals surface area contributed by atoms with Gasteiger partial charge in [0.05, 0.1) is 27.6 Å². The van der Waals surface area contributed by atoms with Gasteiger partial charge in [0, 0.05) is 6.61 Å². The molecule has 0 aromatic carbocycles. The summed E-state index contributed by atoms with van der Waals surface area (Å²) in [4.78, 5) is 11.0. The molecule has 1 atom stereocenters. The van der Waals surface area contributed by atoms with Gasteiger partial charge in [-0.3, -0.25) is 4.79 Å². The van der Waals surface area contributed by atoms with Crippen molar-refractivity contribution < 1.29 is 19.1 Å². The van der Waals surface area contributed by atoms with Gasteiger partial charge in [0.2, 0.25) is 0 Å². The number of quaternary nitrogens is 1. The number of carboxylic acid groups (broad SMARTS) is 1. The molecule has 0 aromatic heterocycles. The number of ether oxygens (including phenoxy) is 1. The monoisotopic (exact) mass is 410 g/mol. The molecule has 0 radical (unpaired) electrons. The molecule has 0 aromatic rings. The molecular weight excluding hydrogens is 362 g/mol. The van der Waals surface area contributed by atoms with E-state index in [1.807, 2.05) is 0 Å². The molecular formula is C25H48NO3+. The SMILES string of the molecule is CCCCC/C=C\C/C=C\CCCCCCCCO[C@H](CC(=O)O)C[N+](C)(C)C. The van der Waals surface area contributed by atoms with Crippen molar-refractivity contribution in [3.63, 3.8) is 0 Å². The Bertz CT molecular complexity index is 438. The number of hydrogen-bond donors (Lipinski definition) is 1. The van der Waals surface area contributed by atoms with Gasteiger partial charge in [-0.15, -0.1) is 0 Å². The van der Waals surface area contributed by atoms with Crippen LogP contribution in [0.1, 0.15) is 90.4 Å². The van der Waals surface area contributed by atoms with E-state index in [9.17, 15) is 4.79 Å². The Labute approximate surface area is 180 Å². The number of allylic oxidation sites excluding steroid dienone is 4. The predicted molar refractivity (Wildman–Crippen MR) is 124 cm³/mol. The Morgan fingerprint density at radius 3 is 1.97 bits per heavy atom. The quantitative estimate of drug-likeness (QED) is 0.144. The molecule has 0 rings (SSSR count). The third-order valence-corrected chi connectivity index (χ3v) is 4.85. The van der Waals surface area contributed by atoms with E-state index in [0.29, 0.717) is 6.61 Å². The van der Waals surface area contributed by atoms with Gasteiger partial charge in [-0.1, -0.05) is 69.8 Å². The summed E-state index contributed by atoms with van der Waals surface area (Å²) in [5.74, 6) is -0.777. The molecule has 0 amide bonds. The van der Waals surface area contributed by atoms with Crippen LogP contribution in [0.3, 0.4) is 0 Å². The third-order valence-electron chi connectivity index (χ3n) is 4.85. The van der Waals surface area contributed by atoms with Gasteiger partial charge >= 0.3 is 5.97 Å². The first-order valence-corrected chi connectivity index (χ1v) is 11.8. The van der Waals surface area contributed by atoms with Crippen LogP contribution in [0.2, 0.25) is 0 Å². The minimum atomic E-state index is -0.777. The fraction of sp³-hybridized carbons (Fsp3) is 0.800. The zero-order valence-corrected chi connectivity index (χ0v) is 19.7. The van der Waals surface area contributed by atoms with Crippen molar-refractivity contribution in [3.8, 4) is 0 Å². The van der Waals surface area contributed by atoms with Crippen LogP contribution in [0.4, 0.5) is 0 Å². The number of likely N-dealkylation sites (N-methyl/N-ethyl adjacent to an activating group) is 1. The number of aliphatic carboxylic acids is 1. The molecule has 0 spiro atoms. The van der Waals surface area contributed by atoms with Crippen molar-refractivity contribution in [1.29, 1.82) is 0 Å². The summed E-state index contributed by atoms with van der Waals surface area (Å²) < 4.78 is 6.56. The molecule has 29 heavy (non-hydrogen) atoms. The van der Waals surface area contributed by atoms with Crippen LogP contribution in [0.25, 0.3) is 0 Å². The van der Waals surface area contributed by atoms with Gasteiger partial charge in [0.25, 0.3) is 0 Å². The van der Waals surface area contributed by atoms with Gasteiger partial charge < -0.3 is 14.3 Å². The van der Waals surface area contributed by atoms with E-state index in [0.717, 1.165) is 23.9 Å². The van der Waals surface area contributed by atoms with Crippen molar-refractivity contribution in [2.45, 2.75) is 96.5 Å². The van der Waals surface area contributed by atoms with Crippen molar-refractivity contribution in [2.75, 3.05) is 34.3 Å². The van der Waals surface area contributed by atoms with Crippen molar-refractivity contribution in [3.05, 3.63) is 24.3 Å². The second kappa shape index (κ2) is 18.9. The van der Waals surface area contributed by atoms with Crippen molar-refractivity contribution in [2.24, 2.45) is 0 Å². The van der Waals surface area contributed by atoms with Gasteiger partial charge in [0.15, 0.2) is 0 Å². The Kier molecular flexibility index (Phi) is 18.1. The smallest absolute Gasteiger partial charge is 0.306 e. The molecule has 0 saturated carbocycles. The molecule has 0 heterocycles. The molecule has 0 aliphatic heterocycles. The van der Waals surface area contributed by atoms with E-state index in [1.54, 1.807) is 0 Å². The van der Waals surface area contributed by atoms with Crippen LogP contribution in [0.15, 0.2) is 24.3 Å². The summed E-state index contributed by atoms with van der Waals surface area (Å²) in [6.45, 7) is 3.65. The number of unbranched alkanes of at least 4 members (excludes halogenated alkanes) is 9. The van der Waals surface area contributed by atoms with Gasteiger partial charge in [-0.2, -0.15) is 0 Å². The van der Waals surface area contributed by atoms with E-state index < -0.39 is 5.97 Å². The lowest BCUT2D eigenvalue weighted by Crippen LogP contribution is -2.43. The first kappa shape index (κ1) is 27.9. The molecule has 0 unspecified atom stereocenters. The highest BCUT2D eigenvalue weighted by molar-refractivity contribution is 5.67. The lowest BCUT2D eigenvalue weighted by molar-refractivity contribution is -0.873. The zero-order chi connectivity index (χ0) is 21.8. The average Bonchev–Trinajstić information content (AvgIpc) is 2.62. The zero-order valence-electron chi connectivity index (χ0n) is 19.7. The molecule has 4 nitrogen and oxygen atoms in total. The number of carbonyl (C=O) groups is 1. The van der Waals surface area contributed by atoms with E-state index in [2.05, 4.69) is 52.4 Å². The summed E-state index contributed by atoms with van der Waals surface area (Å²) in [6, 6.07) is 0. The summed E-state index contributed by atoms with van der Waals surface area (Å²) in [5, 5.41) is 9.03. The second-order valence-corrected chi connectivity index (χ2v) is 9.15. The molecule has 0 aliphatic carbocycles. The first-order valence-electron chi connectivity index (χ1n) is 11.8. The van der Waals surface area contributed by atoms with Gasteiger partial charge in [-0.05, 0) is 38.5 Å². The summed E-state index contributed by atoms with van der Waals surface area (Å²) >= 11 is 0. The topological polar surface area (TPSA) is 46.5 Å². The average molecular weight is 411 g/mol. The Morgan fingerprint density at radius 2 is 1.41 bits per heavy atom. The highest BCUT2D eigenvalue weighted by atomic mass is 16.5. The minimum Gasteiger partial charge on any atom is -0.481 e. The number of hydrogen-bond acceptors (Lipinski definition) is 2. The standard InChI is InChI=1S/C25H47NO3/c1-5-6-7-8-9-10-11-12-13-14-15-16-17-18-19-20-21-29-24(22-25(27)28)23-26(2,3)4/h9-10,12-13,24H,5-8,11,14-23H2,1-4H3/p+1/b10-9-,13-12-/t24-/m1/s1. The van der Waals surface area contributed by atoms with Crippen LogP contribution >= 0.6 is 0 Å². The Balaban J connectivity index is 3.53. The fourth-order valence-electron chi connectivity index (χ4n) is 3.32. The van der Waals surface area contributed by atoms with Crippen LogP contribution in [-0.4, -0.2) is 56.0 Å². The van der Waals surface area contributed by atoms with Crippen molar-refractivity contribution >= 4 is 5.97 Å². The maximum atomic E-state index is 11.0. The molecule has 0 bridgehead atoms. The van der Waals surface area contributed by atoms with E-state index in [4.69, 9.17) is 9.84 Å². The van der Waals surface area contributed by atoms with Crippen LogP contribution < -0.4 is 0 Å². The molecule has 0 fully saturated rings. The molecule has 1 N–H and O–H groups in total. The predicted octanol–water partition coefficient (Wildman–Crippen LogP) is 6.37. The molecule has 170 valence electrons. The number of nitrogens with zero attached hydrogens (tertiary/aromatic N) is 1. The van der Waals surface area contributed by atoms with Crippen molar-refractivity contribution in [1.82, 2.24) is 0 Å². The van der Waals surface area contributed by atoms with E-state index >= 15 is 0 Å². The third kappa shape index (κ3) is 23.0. The van der Waals surface area contributed by atoms with Crippen LogP contribution in [0.5, 0.6) is 0 Å². The highest BCUT2D eigenvalue weighted by Gasteiger charge is 2.21. The maximum absolute atomic E-state index is 11.0. The summed E-state index contributed by atoms with van der Waals surface area (Å²) in [7, 11) is 6.20. The highest BCUT2D eigenvalue weighted by Crippen LogP contribution is 2.10. The van der Waals surface area contributed by atoms with Gasteiger partial charge in [-0.25, -0.2) is 0 Å². The van der Waals surface area contributed by atoms with Gasteiger partial charge in [0.1, 0.15) is 12.6 Å². The van der Waals surface area contributed by atoms with Crippen LogP contribution in [0, 0.1) is 0 Å². The maximum Gasteiger partial charge on any atom is 0.306 e. The Hall–Kier alpha value is -1.13. The first-order chi connectivity index (χ1) is 13.8. The van der Waals surface area contributed by atoms with E-state index in [1.165, 1.54) is 64.2 Å². The Morgan fingerprint density at radius 1 is 0.862 bits per heavy atom. The normalized spacial score (nSPS) is 13.5. The lowest BCUT2D eigenvalue weighted by atomic mass is 10.1. The molecule has 0 saturated heterocycles. The fourth-order valence-corrected chi connectivity index (χ4v) is 3.32. The number of rotatable bonds is 20. The van der Waals surface area contributed by atoms with E-state index in [-0.39, 0.29) is 12.5 Å².